The molecule has 1 aromatic rings. The van der Waals surface area contributed by atoms with E-state index in [4.69, 9.17) is 0 Å². The first-order valence-corrected chi connectivity index (χ1v) is 6.54. The van der Waals surface area contributed by atoms with Crippen molar-refractivity contribution in [3.8, 4) is 0 Å². The molecule has 0 N–H and O–H groups in total. The van der Waals surface area contributed by atoms with E-state index >= 15 is 0 Å². The fourth-order valence-electron chi connectivity index (χ4n) is 1.35. The van der Waals surface area contributed by atoms with Gasteiger partial charge < -0.3 is 4.90 Å². The molecule has 0 bridgehead atoms. The van der Waals surface area contributed by atoms with Crippen LogP contribution in [0, 0.1) is 0 Å². The second kappa shape index (κ2) is 4.31. The minimum absolute atomic E-state index is 0.223. The fourth-order valence-corrected chi connectivity index (χ4v) is 2.50. The molecule has 0 saturated heterocycles. The highest BCUT2D eigenvalue weighted by Gasteiger charge is 2.25. The molecule has 0 radical (unpaired) electrons. The molecule has 1 unspecified atom stereocenters. The largest absolute Gasteiger partial charge is 0.368 e. The van der Waals surface area contributed by atoms with Crippen LogP contribution in [0.5, 0.6) is 0 Å². The number of rotatable bonds is 4. The average Bonchev–Trinajstić information content (AvgIpc) is 2.22. The Hall–Kier alpha value is -0.900. The molecular weight excluding hydrogens is 210 g/mol. The Kier molecular flexibility index (Phi) is 3.50. The van der Waals surface area contributed by atoms with Gasteiger partial charge in [0.15, 0.2) is 0 Å². The van der Waals surface area contributed by atoms with Crippen LogP contribution in [0.25, 0.3) is 0 Å². The van der Waals surface area contributed by atoms with Gasteiger partial charge >= 0.3 is 0 Å². The maximum Gasteiger partial charge on any atom is 0.251 e. The van der Waals surface area contributed by atoms with Gasteiger partial charge in [-0.15, -0.1) is 0 Å². The average molecular weight is 227 g/mol. The van der Waals surface area contributed by atoms with E-state index in [2.05, 4.69) is 5.87 Å². The lowest BCUT2D eigenvalue weighted by atomic mass is 10.2. The van der Waals surface area contributed by atoms with Gasteiger partial charge in [0.1, 0.15) is 5.69 Å². The third kappa shape index (κ3) is 1.91. The SMILES string of the molecule is C=S(CC)c1c(N(C)C(C)C)c(=O)c1=O. The van der Waals surface area contributed by atoms with E-state index in [-0.39, 0.29) is 27.4 Å². The third-order valence-corrected chi connectivity index (χ3v) is 4.26. The van der Waals surface area contributed by atoms with Gasteiger partial charge in [0.05, 0.1) is 4.90 Å². The lowest BCUT2D eigenvalue weighted by Crippen LogP contribution is -2.43. The van der Waals surface area contributed by atoms with Crippen LogP contribution in [-0.2, 0) is 0 Å². The summed E-state index contributed by atoms with van der Waals surface area (Å²) >= 11 is 0. The van der Waals surface area contributed by atoms with Crippen LogP contribution in [0.2, 0.25) is 0 Å². The molecule has 4 heteroatoms. The zero-order chi connectivity index (χ0) is 11.7. The molecule has 0 aliphatic rings. The zero-order valence-corrected chi connectivity index (χ0v) is 10.5. The first-order valence-electron chi connectivity index (χ1n) is 4.98. The maximum absolute atomic E-state index is 11.5. The first-order chi connectivity index (χ1) is 6.91. The summed E-state index contributed by atoms with van der Waals surface area (Å²) in [6.45, 7) is 5.97. The van der Waals surface area contributed by atoms with Crippen LogP contribution in [0.4, 0.5) is 5.69 Å². The van der Waals surface area contributed by atoms with Crippen molar-refractivity contribution in [2.24, 2.45) is 0 Å². The molecule has 0 fully saturated rings. The molecule has 0 aromatic heterocycles. The summed E-state index contributed by atoms with van der Waals surface area (Å²) in [6, 6.07) is 0.223. The molecular formula is C11H17NO2S. The van der Waals surface area contributed by atoms with Gasteiger partial charge in [-0.2, -0.15) is 10.5 Å². The number of anilines is 1. The quantitative estimate of drug-likeness (QED) is 0.573. The molecule has 1 aromatic carbocycles. The van der Waals surface area contributed by atoms with Crippen LogP contribution in [-0.4, -0.2) is 24.7 Å². The van der Waals surface area contributed by atoms with Gasteiger partial charge in [0.25, 0.3) is 5.43 Å². The molecule has 15 heavy (non-hydrogen) atoms. The highest BCUT2D eigenvalue weighted by Crippen LogP contribution is 2.30. The summed E-state index contributed by atoms with van der Waals surface area (Å²) in [5.41, 5.74) is -0.108. The molecule has 3 nitrogen and oxygen atoms in total. The highest BCUT2D eigenvalue weighted by molar-refractivity contribution is 8.14. The third-order valence-electron chi connectivity index (χ3n) is 2.61. The van der Waals surface area contributed by atoms with E-state index in [0.29, 0.717) is 10.6 Å². The summed E-state index contributed by atoms with van der Waals surface area (Å²) in [7, 11) is 1.51. The monoisotopic (exact) mass is 227 g/mol. The topological polar surface area (TPSA) is 37.4 Å². The number of hydrogen-bond donors (Lipinski definition) is 0. The van der Waals surface area contributed by atoms with Gasteiger partial charge in [-0.05, 0) is 19.6 Å². The van der Waals surface area contributed by atoms with Gasteiger partial charge in [-0.25, -0.2) is 0 Å². The lowest BCUT2D eigenvalue weighted by molar-refractivity contribution is 0.738. The van der Waals surface area contributed by atoms with Crippen molar-refractivity contribution in [1.82, 2.24) is 0 Å². The molecule has 0 aliphatic heterocycles. The normalized spacial score (nSPS) is 13.4. The smallest absolute Gasteiger partial charge is 0.251 e. The van der Waals surface area contributed by atoms with Gasteiger partial charge in [-0.1, -0.05) is 12.8 Å². The molecule has 84 valence electrons. The predicted molar refractivity (Wildman–Crippen MR) is 68.4 cm³/mol. The van der Waals surface area contributed by atoms with Gasteiger partial charge in [0.2, 0.25) is 5.43 Å². The summed E-state index contributed by atoms with van der Waals surface area (Å²) < 4.78 is 0. The Labute approximate surface area is 92.3 Å². The Morgan fingerprint density at radius 2 is 1.87 bits per heavy atom. The number of nitrogens with zero attached hydrogens (tertiary/aromatic N) is 1. The molecule has 0 aliphatic carbocycles. The molecule has 1 atom stereocenters. The van der Waals surface area contributed by atoms with E-state index in [1.165, 1.54) is 0 Å². The second-order valence-corrected chi connectivity index (χ2v) is 5.79. The second-order valence-electron chi connectivity index (χ2n) is 3.82. The maximum atomic E-state index is 11.5. The highest BCUT2D eigenvalue weighted by atomic mass is 32.2. The van der Waals surface area contributed by atoms with E-state index in [9.17, 15) is 9.59 Å². The Bertz CT molecular complexity index is 455. The van der Waals surface area contributed by atoms with Gasteiger partial charge in [0, 0.05) is 13.1 Å². The van der Waals surface area contributed by atoms with Crippen molar-refractivity contribution in [1.29, 1.82) is 0 Å². The molecule has 0 spiro atoms. The fraction of sp³-hybridized carbons (Fsp3) is 0.545. The lowest BCUT2D eigenvalue weighted by Gasteiger charge is -2.27. The predicted octanol–water partition coefficient (Wildman–Crippen LogP) is 1.21. The van der Waals surface area contributed by atoms with E-state index in [1.807, 2.05) is 32.7 Å². The van der Waals surface area contributed by atoms with Crippen molar-refractivity contribution in [3.63, 3.8) is 0 Å². The van der Waals surface area contributed by atoms with Crippen LogP contribution < -0.4 is 15.8 Å². The Morgan fingerprint density at radius 3 is 2.27 bits per heavy atom. The van der Waals surface area contributed by atoms with Crippen LogP contribution in [0.3, 0.4) is 0 Å². The molecule has 0 amide bonds. The van der Waals surface area contributed by atoms with E-state index < -0.39 is 0 Å². The van der Waals surface area contributed by atoms with Crippen molar-refractivity contribution in [2.75, 3.05) is 17.7 Å². The first kappa shape index (κ1) is 12.2. The van der Waals surface area contributed by atoms with E-state index in [1.54, 1.807) is 0 Å². The molecule has 0 heterocycles. The van der Waals surface area contributed by atoms with Crippen molar-refractivity contribution < 1.29 is 0 Å². The summed E-state index contributed by atoms with van der Waals surface area (Å²) in [5.74, 6) is 4.73. The van der Waals surface area contributed by atoms with Crippen LogP contribution in [0.15, 0.2) is 14.5 Å². The molecule has 0 saturated carbocycles. The minimum Gasteiger partial charge on any atom is -0.368 e. The molecule has 1 rings (SSSR count). The minimum atomic E-state index is -0.351. The summed E-state index contributed by atoms with van der Waals surface area (Å²) in [6.07, 6.45) is 0. The van der Waals surface area contributed by atoms with E-state index in [0.717, 1.165) is 5.75 Å². The van der Waals surface area contributed by atoms with Crippen LogP contribution >= 0.6 is 10.5 Å². The van der Waals surface area contributed by atoms with Gasteiger partial charge in [-0.3, -0.25) is 9.59 Å². The Balaban J connectivity index is 3.21. The summed E-state index contributed by atoms with van der Waals surface area (Å²) in [4.78, 5) is 25.4. The Morgan fingerprint density at radius 1 is 1.33 bits per heavy atom. The standard InChI is InChI=1S/C11H17NO2S/c1-6-15(5)11-8(9(13)10(11)14)12(4)7(2)3/h7H,5-6H2,1-4H3. The zero-order valence-electron chi connectivity index (χ0n) is 9.66. The van der Waals surface area contributed by atoms with Crippen molar-refractivity contribution in [3.05, 3.63) is 20.4 Å². The van der Waals surface area contributed by atoms with Crippen LogP contribution in [0.1, 0.15) is 20.8 Å². The van der Waals surface area contributed by atoms with Crippen molar-refractivity contribution in [2.45, 2.75) is 31.7 Å². The van der Waals surface area contributed by atoms with Crippen molar-refractivity contribution >= 4 is 22.0 Å². The number of hydrogen-bond acceptors (Lipinski definition) is 3. The summed E-state index contributed by atoms with van der Waals surface area (Å²) in [5, 5.41) is 0.